The van der Waals surface area contributed by atoms with E-state index in [0.29, 0.717) is 17.7 Å². The molecular weight excluding hydrogens is 455 g/mol. The highest BCUT2D eigenvalue weighted by Gasteiger charge is 2.42. The lowest BCUT2D eigenvalue weighted by molar-refractivity contribution is -0.130. The number of fused-ring (bicyclic) bond motifs is 1. The number of carbonyl (C=O) groups is 1. The molecule has 0 saturated carbocycles. The predicted molar refractivity (Wildman–Crippen MR) is 133 cm³/mol. The van der Waals surface area contributed by atoms with E-state index >= 15 is 4.39 Å². The second-order valence-corrected chi connectivity index (χ2v) is 11.8. The molecule has 3 unspecified atom stereocenters. The van der Waals surface area contributed by atoms with Gasteiger partial charge in [-0.25, -0.2) is 12.8 Å². The van der Waals surface area contributed by atoms with Crippen LogP contribution in [0.1, 0.15) is 40.1 Å². The number of ether oxygens (including phenoxy) is 1. The molecule has 1 amide bonds. The van der Waals surface area contributed by atoms with Gasteiger partial charge in [-0.15, -0.1) is 0 Å². The van der Waals surface area contributed by atoms with Crippen molar-refractivity contribution in [2.75, 3.05) is 25.1 Å². The second kappa shape index (κ2) is 9.66. The molecule has 1 radical (unpaired) electrons. The Hall–Kier alpha value is -2.45. The van der Waals surface area contributed by atoms with Crippen LogP contribution < -0.4 is 10.1 Å². The van der Waals surface area contributed by atoms with Crippen molar-refractivity contribution in [3.05, 3.63) is 71.1 Å². The van der Waals surface area contributed by atoms with Gasteiger partial charge in [0.05, 0.1) is 11.8 Å². The van der Waals surface area contributed by atoms with Crippen LogP contribution in [0.3, 0.4) is 0 Å². The molecule has 2 heterocycles. The summed E-state index contributed by atoms with van der Waals surface area (Å²) in [4.78, 5) is 14.2. The Balaban J connectivity index is 0.00000342. The molecule has 1 fully saturated rings. The van der Waals surface area contributed by atoms with Gasteiger partial charge >= 0.3 is 0 Å². The van der Waals surface area contributed by atoms with Gasteiger partial charge in [-0.3, -0.25) is 4.79 Å². The average Bonchev–Trinajstić information content (AvgIpc) is 3.28. The van der Waals surface area contributed by atoms with E-state index in [4.69, 9.17) is 4.74 Å². The van der Waals surface area contributed by atoms with Crippen molar-refractivity contribution in [2.24, 2.45) is 5.92 Å². The first-order chi connectivity index (χ1) is 16.1. The fraction of sp³-hybridized carbons (Fsp3) is 0.462. The third-order valence-corrected chi connectivity index (χ3v) is 8.38. The summed E-state index contributed by atoms with van der Waals surface area (Å²) in [6, 6.07) is 4.80. The predicted octanol–water partition coefficient (Wildman–Crippen LogP) is 3.78. The summed E-state index contributed by atoms with van der Waals surface area (Å²) in [6.45, 7) is 6.20. The minimum Gasteiger partial charge on any atom is -0.482 e. The summed E-state index contributed by atoms with van der Waals surface area (Å²) in [5.41, 5.74) is 2.90. The monoisotopic (exact) mass is 489 g/mol. The molecule has 34 heavy (non-hydrogen) atoms. The third-order valence-electron chi connectivity index (χ3n) is 6.73. The number of nitrogens with one attached hydrogen (secondary N) is 1. The Labute approximate surface area is 203 Å². The third kappa shape index (κ3) is 4.84. The lowest BCUT2D eigenvalue weighted by atomic mass is 9.80. The van der Waals surface area contributed by atoms with E-state index < -0.39 is 15.9 Å². The van der Waals surface area contributed by atoms with Gasteiger partial charge < -0.3 is 15.0 Å². The zero-order valence-electron chi connectivity index (χ0n) is 20.0. The summed E-state index contributed by atoms with van der Waals surface area (Å²) in [5.74, 6) is -0.313. The summed E-state index contributed by atoms with van der Waals surface area (Å²) in [6.07, 6.45) is 7.35. The van der Waals surface area contributed by atoms with E-state index in [0.717, 1.165) is 17.6 Å². The lowest BCUT2D eigenvalue weighted by Gasteiger charge is -2.35. The van der Waals surface area contributed by atoms with Gasteiger partial charge in [0.15, 0.2) is 21.4 Å². The lowest BCUT2D eigenvalue weighted by Crippen LogP contribution is -2.47. The molecule has 185 valence electrons. The number of halogens is 1. The van der Waals surface area contributed by atoms with Crippen molar-refractivity contribution >= 4 is 15.7 Å². The van der Waals surface area contributed by atoms with Crippen molar-refractivity contribution in [1.82, 2.24) is 10.2 Å². The van der Waals surface area contributed by atoms with Crippen LogP contribution in [-0.4, -0.2) is 56.5 Å². The Kier molecular flexibility index (Phi) is 7.01. The SMILES string of the molecule is CCS(=O)(=O)CC1=C[CH]C(Oc2cccc(C(C)C)c2F)C(C2=CN(C)C(=O)C3NCCC23)=C1.[HH]. The second-order valence-electron chi connectivity index (χ2n) is 9.42. The van der Waals surface area contributed by atoms with Crippen LogP contribution in [0.25, 0.3) is 0 Å². The quantitative estimate of drug-likeness (QED) is 0.631. The topological polar surface area (TPSA) is 75.7 Å². The number of hydrogen-bond donors (Lipinski definition) is 1. The van der Waals surface area contributed by atoms with Crippen molar-refractivity contribution in [1.29, 1.82) is 0 Å². The van der Waals surface area contributed by atoms with Gasteiger partial charge in [-0.1, -0.05) is 45.1 Å². The summed E-state index contributed by atoms with van der Waals surface area (Å²) in [5, 5.41) is 3.28. The van der Waals surface area contributed by atoms with E-state index in [1.165, 1.54) is 0 Å². The Morgan fingerprint density at radius 3 is 2.76 bits per heavy atom. The number of nitrogens with zero attached hydrogens (tertiary/aromatic N) is 1. The molecule has 2 aliphatic heterocycles. The van der Waals surface area contributed by atoms with Crippen LogP contribution in [-0.2, 0) is 14.6 Å². The summed E-state index contributed by atoms with van der Waals surface area (Å²) in [7, 11) is -1.52. The molecule has 1 aromatic rings. The number of amides is 1. The highest BCUT2D eigenvalue weighted by Crippen LogP contribution is 2.39. The molecule has 6 nitrogen and oxygen atoms in total. The number of rotatable bonds is 7. The van der Waals surface area contributed by atoms with Crippen molar-refractivity contribution in [3.63, 3.8) is 0 Å². The van der Waals surface area contributed by atoms with Crippen molar-refractivity contribution in [3.8, 4) is 5.75 Å². The number of carbonyl (C=O) groups excluding carboxylic acids is 1. The number of hydrogen-bond acceptors (Lipinski definition) is 5. The molecule has 0 spiro atoms. The van der Waals surface area contributed by atoms with Gasteiger partial charge in [-0.2, -0.15) is 0 Å². The molecule has 1 aliphatic carbocycles. The van der Waals surface area contributed by atoms with E-state index in [1.54, 1.807) is 49.6 Å². The molecule has 1 N–H and O–H groups in total. The largest absolute Gasteiger partial charge is 0.482 e. The minimum atomic E-state index is -3.24. The number of benzene rings is 1. The zero-order chi connectivity index (χ0) is 24.6. The van der Waals surface area contributed by atoms with Crippen LogP contribution in [0, 0.1) is 18.2 Å². The standard InChI is InChI=1S/C26H32FN2O4S.H2/c1-5-34(31,32)15-17-9-10-22(33-23-8-6-7-18(16(2)3)24(23)27)20(13-17)21-14-29(4)26(30)25-19(21)11-12-28-25;/h6-10,13-14,16,19,22,25,28H,5,11-12,15H2,1-4H3;1H. The first-order valence-electron chi connectivity index (χ1n) is 11.7. The number of sulfone groups is 1. The molecule has 3 atom stereocenters. The van der Waals surface area contributed by atoms with Crippen LogP contribution in [0.2, 0.25) is 0 Å². The van der Waals surface area contributed by atoms with Crippen LogP contribution in [0.5, 0.6) is 5.75 Å². The molecule has 1 saturated heterocycles. The highest BCUT2D eigenvalue weighted by atomic mass is 32.2. The van der Waals surface area contributed by atoms with E-state index in [1.807, 2.05) is 26.1 Å². The van der Waals surface area contributed by atoms with Crippen molar-refractivity contribution in [2.45, 2.75) is 45.3 Å². The molecule has 3 aliphatic rings. The molecule has 1 aromatic carbocycles. The van der Waals surface area contributed by atoms with E-state index in [9.17, 15) is 13.2 Å². The van der Waals surface area contributed by atoms with Gasteiger partial charge in [0, 0.05) is 32.8 Å². The van der Waals surface area contributed by atoms with Gasteiger partial charge in [-0.05, 0) is 47.2 Å². The van der Waals surface area contributed by atoms with Crippen molar-refractivity contribution < 1.29 is 23.8 Å². The van der Waals surface area contributed by atoms with Crippen LogP contribution >= 0.6 is 0 Å². The van der Waals surface area contributed by atoms with E-state index in [2.05, 4.69) is 5.32 Å². The van der Waals surface area contributed by atoms with Gasteiger partial charge in [0.1, 0.15) is 6.10 Å². The first kappa shape index (κ1) is 24.7. The maximum atomic E-state index is 15.2. The number of allylic oxidation sites excluding steroid dienone is 1. The Bertz CT molecular complexity index is 1180. The summed E-state index contributed by atoms with van der Waals surface area (Å²) < 4.78 is 46.0. The molecule has 8 heteroatoms. The highest BCUT2D eigenvalue weighted by molar-refractivity contribution is 7.91. The maximum Gasteiger partial charge on any atom is 0.244 e. The minimum absolute atomic E-state index is 0. The molecule has 4 rings (SSSR count). The van der Waals surface area contributed by atoms with Gasteiger partial charge in [0.25, 0.3) is 0 Å². The van der Waals surface area contributed by atoms with Crippen LogP contribution in [0.4, 0.5) is 4.39 Å². The molecular formula is C26H34FN2O4S. The Morgan fingerprint density at radius 2 is 2.06 bits per heavy atom. The fourth-order valence-corrected chi connectivity index (χ4v) is 5.71. The maximum absolute atomic E-state index is 15.2. The van der Waals surface area contributed by atoms with E-state index in [-0.39, 0.29) is 48.3 Å². The Morgan fingerprint density at radius 1 is 1.29 bits per heavy atom. The number of likely N-dealkylation sites (N-methyl/N-ethyl adjacent to an activating group) is 1. The zero-order valence-corrected chi connectivity index (χ0v) is 20.9. The first-order valence-corrected chi connectivity index (χ1v) is 13.6. The average molecular weight is 490 g/mol. The molecule has 0 aromatic heterocycles. The normalized spacial score (nSPS) is 25.1. The molecule has 0 bridgehead atoms. The summed E-state index contributed by atoms with van der Waals surface area (Å²) >= 11 is 0. The fourth-order valence-electron chi connectivity index (χ4n) is 4.82. The van der Waals surface area contributed by atoms with Crippen LogP contribution in [0.15, 0.2) is 53.3 Å². The smallest absolute Gasteiger partial charge is 0.244 e. The van der Waals surface area contributed by atoms with Gasteiger partial charge in [0.2, 0.25) is 5.91 Å².